The third-order valence-electron chi connectivity index (χ3n) is 4.60. The van der Waals surface area contributed by atoms with Crippen LogP contribution in [-0.4, -0.2) is 23.9 Å². The van der Waals surface area contributed by atoms with Crippen molar-refractivity contribution >= 4 is 35.6 Å². The SMILES string of the molecule is CC1CC(NC(=O)CCc2ccccc2N)C(=O)N1c1ccccc1.Cl. The van der Waals surface area contributed by atoms with E-state index in [4.69, 9.17) is 5.73 Å². The lowest BCUT2D eigenvalue weighted by Crippen LogP contribution is -2.42. The fourth-order valence-electron chi connectivity index (χ4n) is 3.30. The van der Waals surface area contributed by atoms with Crippen molar-refractivity contribution in [3.8, 4) is 0 Å². The summed E-state index contributed by atoms with van der Waals surface area (Å²) in [6, 6.07) is 16.7. The number of nitrogens with zero attached hydrogens (tertiary/aromatic N) is 1. The van der Waals surface area contributed by atoms with Gasteiger partial charge in [-0.15, -0.1) is 12.4 Å². The number of hydrogen-bond acceptors (Lipinski definition) is 3. The predicted octanol–water partition coefficient (Wildman–Crippen LogP) is 2.93. The summed E-state index contributed by atoms with van der Waals surface area (Å²) in [5.41, 5.74) is 8.41. The van der Waals surface area contributed by atoms with Crippen LogP contribution in [0.3, 0.4) is 0 Å². The van der Waals surface area contributed by atoms with Crippen LogP contribution in [0, 0.1) is 0 Å². The first kappa shape index (κ1) is 19.8. The highest BCUT2D eigenvalue weighted by atomic mass is 35.5. The number of amides is 2. The lowest BCUT2D eigenvalue weighted by molar-refractivity contribution is -0.126. The molecule has 1 aliphatic rings. The molecule has 0 spiro atoms. The van der Waals surface area contributed by atoms with Gasteiger partial charge >= 0.3 is 0 Å². The van der Waals surface area contributed by atoms with Crippen LogP contribution in [0.15, 0.2) is 54.6 Å². The zero-order valence-electron chi connectivity index (χ0n) is 14.7. The minimum atomic E-state index is -0.462. The van der Waals surface area contributed by atoms with E-state index in [0.29, 0.717) is 24.9 Å². The van der Waals surface area contributed by atoms with Crippen LogP contribution in [-0.2, 0) is 16.0 Å². The first-order valence-corrected chi connectivity index (χ1v) is 8.57. The third-order valence-corrected chi connectivity index (χ3v) is 4.60. The number of rotatable bonds is 5. The Labute approximate surface area is 160 Å². The van der Waals surface area contributed by atoms with Gasteiger partial charge in [0.2, 0.25) is 11.8 Å². The maximum absolute atomic E-state index is 12.7. The molecule has 2 aromatic rings. The van der Waals surface area contributed by atoms with Gasteiger partial charge in [-0.1, -0.05) is 36.4 Å². The van der Waals surface area contributed by atoms with Crippen molar-refractivity contribution in [1.82, 2.24) is 5.32 Å². The number of anilines is 2. The van der Waals surface area contributed by atoms with Crippen LogP contribution in [0.5, 0.6) is 0 Å². The molecule has 2 aromatic carbocycles. The lowest BCUT2D eigenvalue weighted by Gasteiger charge is -2.21. The molecule has 1 saturated heterocycles. The van der Waals surface area contributed by atoms with Crippen molar-refractivity contribution in [1.29, 1.82) is 0 Å². The highest BCUT2D eigenvalue weighted by Crippen LogP contribution is 2.26. The number of nitrogens with two attached hydrogens (primary N) is 1. The van der Waals surface area contributed by atoms with Crippen LogP contribution in [0.25, 0.3) is 0 Å². The molecular weight excluding hydrogens is 350 g/mol. The Morgan fingerprint density at radius 1 is 1.15 bits per heavy atom. The molecule has 1 aliphatic heterocycles. The number of halogens is 1. The summed E-state index contributed by atoms with van der Waals surface area (Å²) in [7, 11) is 0. The van der Waals surface area contributed by atoms with Crippen LogP contribution < -0.4 is 16.0 Å². The van der Waals surface area contributed by atoms with Crippen LogP contribution >= 0.6 is 12.4 Å². The zero-order chi connectivity index (χ0) is 17.8. The second kappa shape index (κ2) is 8.72. The quantitative estimate of drug-likeness (QED) is 0.791. The summed E-state index contributed by atoms with van der Waals surface area (Å²) in [5, 5.41) is 2.88. The van der Waals surface area contributed by atoms with E-state index in [1.54, 1.807) is 4.90 Å². The van der Waals surface area contributed by atoms with E-state index in [9.17, 15) is 9.59 Å². The van der Waals surface area contributed by atoms with Crippen molar-refractivity contribution in [2.75, 3.05) is 10.6 Å². The highest BCUT2D eigenvalue weighted by Gasteiger charge is 2.38. The summed E-state index contributed by atoms with van der Waals surface area (Å²) < 4.78 is 0. The number of carbonyl (C=O) groups is 2. The fraction of sp³-hybridized carbons (Fsp3) is 0.300. The first-order valence-electron chi connectivity index (χ1n) is 8.57. The van der Waals surface area contributed by atoms with Crippen molar-refractivity contribution < 1.29 is 9.59 Å². The van der Waals surface area contributed by atoms with E-state index < -0.39 is 6.04 Å². The summed E-state index contributed by atoms with van der Waals surface area (Å²) in [5.74, 6) is -0.171. The molecule has 138 valence electrons. The Kier molecular flexibility index (Phi) is 6.64. The molecule has 1 fully saturated rings. The summed E-state index contributed by atoms with van der Waals surface area (Å²) >= 11 is 0. The van der Waals surface area contributed by atoms with Crippen LogP contribution in [0.1, 0.15) is 25.3 Å². The van der Waals surface area contributed by atoms with Gasteiger partial charge < -0.3 is 16.0 Å². The molecular formula is C20H24ClN3O2. The summed E-state index contributed by atoms with van der Waals surface area (Å²) in [6.07, 6.45) is 1.50. The van der Waals surface area contributed by atoms with E-state index in [0.717, 1.165) is 11.3 Å². The second-order valence-corrected chi connectivity index (χ2v) is 6.45. The number of nitrogens with one attached hydrogen (secondary N) is 1. The average Bonchev–Trinajstić information content (AvgIpc) is 2.88. The molecule has 0 radical (unpaired) electrons. The van der Waals surface area contributed by atoms with Gasteiger partial charge in [-0.3, -0.25) is 9.59 Å². The Morgan fingerprint density at radius 3 is 2.50 bits per heavy atom. The molecule has 0 aliphatic carbocycles. The predicted molar refractivity (Wildman–Crippen MR) is 106 cm³/mol. The zero-order valence-corrected chi connectivity index (χ0v) is 15.5. The number of aryl methyl sites for hydroxylation is 1. The maximum Gasteiger partial charge on any atom is 0.249 e. The Balaban J connectivity index is 0.00000243. The van der Waals surface area contributed by atoms with E-state index in [1.807, 2.05) is 61.5 Å². The molecule has 3 rings (SSSR count). The highest BCUT2D eigenvalue weighted by molar-refractivity contribution is 6.02. The summed E-state index contributed by atoms with van der Waals surface area (Å²) in [4.78, 5) is 26.7. The third kappa shape index (κ3) is 4.35. The van der Waals surface area contributed by atoms with Gasteiger partial charge in [0, 0.05) is 23.8 Å². The van der Waals surface area contributed by atoms with Gasteiger partial charge in [-0.2, -0.15) is 0 Å². The Morgan fingerprint density at radius 2 is 1.81 bits per heavy atom. The van der Waals surface area contributed by atoms with Crippen molar-refractivity contribution in [2.45, 2.75) is 38.3 Å². The number of para-hydroxylation sites is 2. The van der Waals surface area contributed by atoms with E-state index in [1.165, 1.54) is 0 Å². The molecule has 26 heavy (non-hydrogen) atoms. The average molecular weight is 374 g/mol. The number of carbonyl (C=O) groups excluding carboxylic acids is 2. The smallest absolute Gasteiger partial charge is 0.249 e. The van der Waals surface area contributed by atoms with E-state index in [-0.39, 0.29) is 30.3 Å². The molecule has 0 saturated carbocycles. The Bertz CT molecular complexity index is 767. The molecule has 6 heteroatoms. The number of hydrogen-bond donors (Lipinski definition) is 2. The van der Waals surface area contributed by atoms with Crippen LogP contribution in [0.2, 0.25) is 0 Å². The van der Waals surface area contributed by atoms with E-state index >= 15 is 0 Å². The summed E-state index contributed by atoms with van der Waals surface area (Å²) in [6.45, 7) is 2.00. The monoisotopic (exact) mass is 373 g/mol. The van der Waals surface area contributed by atoms with Crippen molar-refractivity contribution in [2.24, 2.45) is 0 Å². The van der Waals surface area contributed by atoms with Crippen LogP contribution in [0.4, 0.5) is 11.4 Å². The van der Waals surface area contributed by atoms with Gasteiger partial charge in [0.25, 0.3) is 0 Å². The topological polar surface area (TPSA) is 75.4 Å². The molecule has 5 nitrogen and oxygen atoms in total. The number of benzene rings is 2. The molecule has 3 N–H and O–H groups in total. The standard InChI is InChI=1S/C20H23N3O2.ClH/c1-14-13-18(20(25)23(14)16-8-3-2-4-9-16)22-19(24)12-11-15-7-5-6-10-17(15)21;/h2-10,14,18H,11-13,21H2,1H3,(H,22,24);1H. The molecule has 0 aromatic heterocycles. The minimum Gasteiger partial charge on any atom is -0.399 e. The first-order chi connectivity index (χ1) is 12.1. The van der Waals surface area contributed by atoms with Gasteiger partial charge in [-0.25, -0.2) is 0 Å². The fourth-order valence-corrected chi connectivity index (χ4v) is 3.30. The molecule has 2 unspecified atom stereocenters. The number of nitrogen functional groups attached to an aromatic ring is 1. The van der Waals surface area contributed by atoms with Gasteiger partial charge in [0.1, 0.15) is 6.04 Å². The Hall–Kier alpha value is -2.53. The molecule has 2 atom stereocenters. The van der Waals surface area contributed by atoms with Crippen molar-refractivity contribution in [3.05, 3.63) is 60.2 Å². The molecule has 2 amide bonds. The second-order valence-electron chi connectivity index (χ2n) is 6.45. The largest absolute Gasteiger partial charge is 0.399 e. The maximum atomic E-state index is 12.7. The van der Waals surface area contributed by atoms with E-state index in [2.05, 4.69) is 5.32 Å². The van der Waals surface area contributed by atoms with Gasteiger partial charge in [-0.05, 0) is 43.5 Å². The lowest BCUT2D eigenvalue weighted by atomic mass is 10.1. The normalized spacial score (nSPS) is 19.1. The minimum absolute atomic E-state index is 0. The van der Waals surface area contributed by atoms with Crippen molar-refractivity contribution in [3.63, 3.8) is 0 Å². The van der Waals surface area contributed by atoms with Gasteiger partial charge in [0.15, 0.2) is 0 Å². The molecule has 1 heterocycles. The van der Waals surface area contributed by atoms with Gasteiger partial charge in [0.05, 0.1) is 0 Å². The molecule has 0 bridgehead atoms.